The number of benzene rings is 1. The number of rotatable bonds is 8. The Labute approximate surface area is 128 Å². The Bertz CT molecular complexity index is 667. The highest BCUT2D eigenvalue weighted by Crippen LogP contribution is 2.35. The van der Waals surface area contributed by atoms with Gasteiger partial charge in [0.2, 0.25) is 10.0 Å². The molecule has 8 nitrogen and oxygen atoms in total. The van der Waals surface area contributed by atoms with Gasteiger partial charge in [-0.3, -0.25) is 0 Å². The molecule has 0 aliphatic rings. The Kier molecular flexibility index (Phi) is 6.35. The number of aliphatic hydroxyl groups is 1. The number of carboxylic acids is 1. The number of carbonyl (C=O) groups excluding carboxylic acids is 1. The minimum atomic E-state index is -3.97. The summed E-state index contributed by atoms with van der Waals surface area (Å²) in [5, 5.41) is 19.2. The highest BCUT2D eigenvalue weighted by atomic mass is 32.2. The summed E-state index contributed by atoms with van der Waals surface area (Å²) in [5.41, 5.74) is 0.270. The maximum atomic E-state index is 12.2. The van der Waals surface area contributed by atoms with Crippen molar-refractivity contribution in [3.63, 3.8) is 0 Å². The van der Waals surface area contributed by atoms with Crippen molar-refractivity contribution in [2.24, 2.45) is 0 Å². The van der Waals surface area contributed by atoms with E-state index in [4.69, 9.17) is 14.6 Å². The Morgan fingerprint density at radius 3 is 2.55 bits per heavy atom. The summed E-state index contributed by atoms with van der Waals surface area (Å²) >= 11 is 0. The number of carbonyl (C=O) groups is 1. The van der Waals surface area contributed by atoms with Gasteiger partial charge in [-0.25, -0.2) is 13.1 Å². The second-order valence-electron chi connectivity index (χ2n) is 4.03. The van der Waals surface area contributed by atoms with Gasteiger partial charge in [0.1, 0.15) is 4.90 Å². The Hall–Kier alpha value is -2.10. The number of nitrogens with one attached hydrogen (secondary N) is 1. The van der Waals surface area contributed by atoms with Crippen LogP contribution in [0.15, 0.2) is 23.1 Å². The molecule has 0 aliphatic heterocycles. The zero-order valence-electron chi connectivity index (χ0n) is 12.0. The third-order valence-corrected chi connectivity index (χ3v) is 4.04. The summed E-state index contributed by atoms with van der Waals surface area (Å²) in [7, 11) is -1.37. The third kappa shape index (κ3) is 4.45. The van der Waals surface area contributed by atoms with E-state index in [2.05, 4.69) is 4.72 Å². The van der Waals surface area contributed by atoms with Crippen LogP contribution in [0.3, 0.4) is 0 Å². The number of methoxy groups -OCH3 is 2. The van der Waals surface area contributed by atoms with Crippen molar-refractivity contribution in [3.05, 3.63) is 23.8 Å². The number of carboxylic acid groups (broad SMARTS) is 1. The standard InChI is InChI=1S/C13H17NO7S/c1-20-10-7-9(3-4-12(16)17)8-11(13(10)21-2)22(18,19)14-5-6-15/h3-4,7-8,14-15H,5-6H2,1-2H3,(H,16,17)/p-1/b4-3+. The van der Waals surface area contributed by atoms with Crippen LogP contribution in [-0.4, -0.2) is 46.9 Å². The van der Waals surface area contributed by atoms with Crippen molar-refractivity contribution in [3.8, 4) is 11.5 Å². The van der Waals surface area contributed by atoms with Crippen LogP contribution in [0.1, 0.15) is 5.56 Å². The second kappa shape index (κ2) is 7.78. The summed E-state index contributed by atoms with van der Waals surface area (Å²) in [6.07, 6.45) is 1.93. The lowest BCUT2D eigenvalue weighted by molar-refractivity contribution is -0.297. The van der Waals surface area contributed by atoms with Crippen LogP contribution >= 0.6 is 0 Å². The second-order valence-corrected chi connectivity index (χ2v) is 5.76. The molecular weight excluding hydrogens is 314 g/mol. The molecular formula is C13H16NO7S-. The first-order chi connectivity index (χ1) is 10.4. The van der Waals surface area contributed by atoms with Crippen LogP contribution in [-0.2, 0) is 14.8 Å². The van der Waals surface area contributed by atoms with Gasteiger partial charge < -0.3 is 24.5 Å². The van der Waals surface area contributed by atoms with Crippen LogP contribution < -0.4 is 19.3 Å². The van der Waals surface area contributed by atoms with E-state index in [0.717, 1.165) is 6.08 Å². The molecule has 2 N–H and O–H groups in total. The van der Waals surface area contributed by atoms with Crippen molar-refractivity contribution < 1.29 is 32.9 Å². The maximum Gasteiger partial charge on any atom is 0.244 e. The summed E-state index contributed by atoms with van der Waals surface area (Å²) in [4.78, 5) is 10.2. The monoisotopic (exact) mass is 330 g/mol. The average molecular weight is 330 g/mol. The summed E-state index contributed by atoms with van der Waals surface area (Å²) in [6, 6.07) is 2.64. The van der Waals surface area contributed by atoms with E-state index in [9.17, 15) is 18.3 Å². The first kappa shape index (κ1) is 18.0. The summed E-state index contributed by atoms with van der Waals surface area (Å²) in [5.74, 6) is -1.33. The predicted molar refractivity (Wildman–Crippen MR) is 75.9 cm³/mol. The SMILES string of the molecule is COc1cc(/C=C/C(=O)[O-])cc(S(=O)(=O)NCCO)c1OC. The largest absolute Gasteiger partial charge is 0.545 e. The van der Waals surface area contributed by atoms with E-state index in [0.29, 0.717) is 0 Å². The normalized spacial score (nSPS) is 11.6. The van der Waals surface area contributed by atoms with Crippen LogP contribution in [0.4, 0.5) is 0 Å². The van der Waals surface area contributed by atoms with Crippen molar-refractivity contribution >= 4 is 22.1 Å². The molecule has 22 heavy (non-hydrogen) atoms. The lowest BCUT2D eigenvalue weighted by Crippen LogP contribution is -2.27. The van der Waals surface area contributed by atoms with Gasteiger partial charge in [-0.2, -0.15) is 0 Å². The van der Waals surface area contributed by atoms with Gasteiger partial charge >= 0.3 is 0 Å². The molecule has 0 heterocycles. The maximum absolute atomic E-state index is 12.2. The van der Waals surface area contributed by atoms with Crippen molar-refractivity contribution in [2.45, 2.75) is 4.90 Å². The van der Waals surface area contributed by atoms with Crippen LogP contribution in [0.2, 0.25) is 0 Å². The van der Waals surface area contributed by atoms with E-state index >= 15 is 0 Å². The smallest absolute Gasteiger partial charge is 0.244 e. The molecule has 1 aromatic carbocycles. The number of hydrogen-bond acceptors (Lipinski definition) is 7. The Morgan fingerprint density at radius 1 is 1.36 bits per heavy atom. The van der Waals surface area contributed by atoms with E-state index in [1.807, 2.05) is 0 Å². The average Bonchev–Trinajstić information content (AvgIpc) is 2.49. The highest BCUT2D eigenvalue weighted by molar-refractivity contribution is 7.89. The molecule has 0 aromatic heterocycles. The molecule has 0 saturated carbocycles. The summed E-state index contributed by atoms with van der Waals surface area (Å²) < 4.78 is 36.7. The van der Waals surface area contributed by atoms with Crippen molar-refractivity contribution in [2.75, 3.05) is 27.4 Å². The number of aliphatic carboxylic acids is 1. The zero-order chi connectivity index (χ0) is 16.8. The molecule has 0 radical (unpaired) electrons. The first-order valence-corrected chi connectivity index (χ1v) is 7.59. The van der Waals surface area contributed by atoms with Gasteiger partial charge in [-0.15, -0.1) is 0 Å². The third-order valence-electron chi connectivity index (χ3n) is 2.57. The highest BCUT2D eigenvalue weighted by Gasteiger charge is 2.23. The van der Waals surface area contributed by atoms with Crippen LogP contribution in [0, 0.1) is 0 Å². The number of aliphatic hydroxyl groups excluding tert-OH is 1. The molecule has 0 spiro atoms. The van der Waals surface area contributed by atoms with Crippen molar-refractivity contribution in [1.82, 2.24) is 4.72 Å². The number of hydrogen-bond donors (Lipinski definition) is 2. The molecule has 0 amide bonds. The van der Waals surface area contributed by atoms with Gasteiger partial charge in [0, 0.05) is 6.54 Å². The van der Waals surface area contributed by atoms with Crippen molar-refractivity contribution in [1.29, 1.82) is 0 Å². The lowest BCUT2D eigenvalue weighted by Gasteiger charge is -2.14. The number of sulfonamides is 1. The molecule has 1 aromatic rings. The molecule has 0 atom stereocenters. The van der Waals surface area contributed by atoms with E-state index in [-0.39, 0.29) is 35.1 Å². The number of ether oxygens (including phenoxy) is 2. The molecule has 0 unspecified atom stereocenters. The molecule has 0 aliphatic carbocycles. The topological polar surface area (TPSA) is 125 Å². The van der Waals surface area contributed by atoms with E-state index < -0.39 is 16.0 Å². The predicted octanol–water partition coefficient (Wildman–Crippen LogP) is -1.26. The molecule has 0 saturated heterocycles. The minimum Gasteiger partial charge on any atom is -0.545 e. The van der Waals surface area contributed by atoms with E-state index in [1.54, 1.807) is 0 Å². The Balaban J connectivity index is 3.45. The quantitative estimate of drug-likeness (QED) is 0.570. The fraction of sp³-hybridized carbons (Fsp3) is 0.308. The molecule has 122 valence electrons. The first-order valence-electron chi connectivity index (χ1n) is 6.11. The molecule has 0 bridgehead atoms. The molecule has 0 fully saturated rings. The van der Waals surface area contributed by atoms with Gasteiger partial charge in [-0.05, 0) is 23.8 Å². The molecule has 1 rings (SSSR count). The Morgan fingerprint density at radius 2 is 2.05 bits per heavy atom. The van der Waals surface area contributed by atoms with Gasteiger partial charge in [0.05, 0.1) is 26.8 Å². The van der Waals surface area contributed by atoms with Gasteiger partial charge in [0.25, 0.3) is 0 Å². The fourth-order valence-corrected chi connectivity index (χ4v) is 2.90. The van der Waals surface area contributed by atoms with Crippen LogP contribution in [0.25, 0.3) is 6.08 Å². The van der Waals surface area contributed by atoms with Crippen LogP contribution in [0.5, 0.6) is 11.5 Å². The zero-order valence-corrected chi connectivity index (χ0v) is 12.8. The van der Waals surface area contributed by atoms with Gasteiger partial charge in [-0.1, -0.05) is 6.08 Å². The van der Waals surface area contributed by atoms with E-state index in [1.165, 1.54) is 32.4 Å². The lowest BCUT2D eigenvalue weighted by atomic mass is 10.2. The molecule has 9 heteroatoms. The minimum absolute atomic E-state index is 0.0291. The fourth-order valence-electron chi connectivity index (χ4n) is 1.67. The van der Waals surface area contributed by atoms with Gasteiger partial charge in [0.15, 0.2) is 11.5 Å². The summed E-state index contributed by atoms with van der Waals surface area (Å²) in [6.45, 7) is -0.546.